The first-order chi connectivity index (χ1) is 5.76. The van der Waals surface area contributed by atoms with Crippen LogP contribution in [-0.2, 0) is 0 Å². The van der Waals surface area contributed by atoms with Gasteiger partial charge in [0.1, 0.15) is 0 Å². The maximum atomic E-state index is 7.04. The maximum absolute atomic E-state index is 7.04. The quantitative estimate of drug-likeness (QED) is 0.613. The van der Waals surface area contributed by atoms with E-state index in [1.54, 1.807) is 11.8 Å². The Kier molecular flexibility index (Phi) is 5.97. The van der Waals surface area contributed by atoms with E-state index in [1.807, 2.05) is 0 Å². The summed E-state index contributed by atoms with van der Waals surface area (Å²) in [6, 6.07) is 0.630. The van der Waals surface area contributed by atoms with Gasteiger partial charge in [-0.05, 0) is 32.7 Å². The van der Waals surface area contributed by atoms with Gasteiger partial charge in [-0.15, -0.1) is 0 Å². The Morgan fingerprint density at radius 3 is 2.73 bits per heavy atom. The van der Waals surface area contributed by atoms with Crippen LogP contribution in [0.3, 0.4) is 0 Å². The van der Waals surface area contributed by atoms with Crippen LogP contribution in [0.2, 0.25) is 0 Å². The number of rotatable bonds is 6. The second-order valence-corrected chi connectivity index (χ2v) is 3.59. The van der Waals surface area contributed by atoms with Gasteiger partial charge in [-0.1, -0.05) is 13.8 Å². The molecule has 0 aliphatic heterocycles. The van der Waals surface area contributed by atoms with Crippen molar-refractivity contribution in [3.63, 3.8) is 0 Å². The molecule has 0 spiro atoms. The molecule has 0 aromatic heterocycles. The van der Waals surface area contributed by atoms with Crippen LogP contribution in [0, 0.1) is 0 Å². The van der Waals surface area contributed by atoms with E-state index in [9.17, 15) is 0 Å². The van der Waals surface area contributed by atoms with Gasteiger partial charge in [0.2, 0.25) is 0 Å². The Labute approximate surface area is 76.9 Å². The van der Waals surface area contributed by atoms with Gasteiger partial charge < -0.3 is 4.90 Å². The summed E-state index contributed by atoms with van der Waals surface area (Å²) in [6.07, 6.45) is 1.72. The van der Waals surface area contributed by atoms with Gasteiger partial charge >= 0.3 is 0 Å². The minimum absolute atomic E-state index is 0.494. The average Bonchev–Trinajstić information content (AvgIpc) is 2.10. The second kappa shape index (κ2) is 6.99. The molecule has 11 heavy (non-hydrogen) atoms. The summed E-state index contributed by atoms with van der Waals surface area (Å²) in [5.74, 6) is 1.09. The minimum atomic E-state index is 0.494. The standard InChI is InChI=1S/C9H21NS/c1-5-7-10(6-2)9(3)8-11-4/h9H,5-8H2,1-4H3/i4T. The third kappa shape index (κ3) is 4.70. The van der Waals surface area contributed by atoms with Gasteiger partial charge in [0, 0.05) is 13.2 Å². The summed E-state index contributed by atoms with van der Waals surface area (Å²) in [7, 11) is 0. The van der Waals surface area contributed by atoms with Crippen LogP contribution in [-0.4, -0.2) is 36.0 Å². The van der Waals surface area contributed by atoms with Crippen molar-refractivity contribution < 1.29 is 1.37 Å². The largest absolute Gasteiger partial charge is 0.300 e. The Balaban J connectivity index is 3.60. The lowest BCUT2D eigenvalue weighted by atomic mass is 10.3. The predicted molar refractivity (Wildman–Crippen MR) is 55.4 cm³/mol. The van der Waals surface area contributed by atoms with E-state index in [4.69, 9.17) is 1.37 Å². The van der Waals surface area contributed by atoms with Crippen LogP contribution in [0.15, 0.2) is 0 Å². The molecular formula is C9H21NS. The number of thioether (sulfide) groups is 1. The fraction of sp³-hybridized carbons (Fsp3) is 1.00. The van der Waals surface area contributed by atoms with Crippen molar-refractivity contribution in [3.8, 4) is 0 Å². The lowest BCUT2D eigenvalue weighted by Gasteiger charge is -2.26. The molecule has 0 amide bonds. The highest BCUT2D eigenvalue weighted by Crippen LogP contribution is 2.05. The Hall–Kier alpha value is 0.310. The Bertz CT molecular complexity index is 101. The van der Waals surface area contributed by atoms with Crippen molar-refractivity contribution in [2.75, 3.05) is 25.1 Å². The van der Waals surface area contributed by atoms with E-state index in [1.165, 1.54) is 13.0 Å². The van der Waals surface area contributed by atoms with E-state index < -0.39 is 0 Å². The van der Waals surface area contributed by atoms with Gasteiger partial charge in [-0.2, -0.15) is 11.8 Å². The van der Waals surface area contributed by atoms with Crippen molar-refractivity contribution >= 4 is 11.8 Å². The monoisotopic (exact) mass is 177 g/mol. The molecule has 68 valence electrons. The van der Waals surface area contributed by atoms with Crippen LogP contribution < -0.4 is 0 Å². The van der Waals surface area contributed by atoms with Gasteiger partial charge in [0.25, 0.3) is 0 Å². The topological polar surface area (TPSA) is 3.24 Å². The van der Waals surface area contributed by atoms with Gasteiger partial charge in [0.05, 0.1) is 0 Å². The van der Waals surface area contributed by atoms with E-state index in [2.05, 4.69) is 25.7 Å². The van der Waals surface area contributed by atoms with Crippen molar-refractivity contribution in [1.82, 2.24) is 4.90 Å². The first-order valence-electron chi connectivity index (χ1n) is 5.07. The fourth-order valence-electron chi connectivity index (χ4n) is 1.25. The van der Waals surface area contributed by atoms with Gasteiger partial charge in [-0.25, -0.2) is 0 Å². The summed E-state index contributed by atoms with van der Waals surface area (Å²) in [5, 5.41) is 0. The molecule has 0 aromatic rings. The molecule has 0 saturated heterocycles. The van der Waals surface area contributed by atoms with E-state index in [0.717, 1.165) is 12.3 Å². The van der Waals surface area contributed by atoms with Crippen LogP contribution in [0.1, 0.15) is 28.6 Å². The van der Waals surface area contributed by atoms with Crippen LogP contribution >= 0.6 is 11.8 Å². The Morgan fingerprint density at radius 1 is 1.55 bits per heavy atom. The number of hydrogen-bond donors (Lipinski definition) is 0. The molecule has 0 aliphatic rings. The first kappa shape index (κ1) is 9.40. The highest BCUT2D eigenvalue weighted by Gasteiger charge is 2.08. The summed E-state index contributed by atoms with van der Waals surface area (Å²) in [5.41, 5.74) is 0. The van der Waals surface area contributed by atoms with Crippen molar-refractivity contribution in [2.24, 2.45) is 0 Å². The second-order valence-electron chi connectivity index (χ2n) is 2.85. The third-order valence-electron chi connectivity index (χ3n) is 1.90. The van der Waals surface area contributed by atoms with Crippen molar-refractivity contribution in [2.45, 2.75) is 33.2 Å². The fourth-order valence-corrected chi connectivity index (χ4v) is 1.81. The molecule has 0 N–H and O–H groups in total. The van der Waals surface area contributed by atoms with Gasteiger partial charge in [-0.3, -0.25) is 0 Å². The van der Waals surface area contributed by atoms with E-state index >= 15 is 0 Å². The molecule has 0 saturated carbocycles. The first-order valence-corrected chi connectivity index (χ1v) is 5.52. The third-order valence-corrected chi connectivity index (χ3v) is 2.62. The molecule has 1 unspecified atom stereocenters. The average molecular weight is 177 g/mol. The minimum Gasteiger partial charge on any atom is -0.300 e. The lowest BCUT2D eigenvalue weighted by molar-refractivity contribution is 0.238. The highest BCUT2D eigenvalue weighted by atomic mass is 32.2. The summed E-state index contributed by atoms with van der Waals surface area (Å²) in [4.78, 5) is 2.47. The maximum Gasteiger partial charge on any atom is 0.0344 e. The summed E-state index contributed by atoms with van der Waals surface area (Å²) in [6.45, 7) is 9.00. The van der Waals surface area contributed by atoms with Crippen LogP contribution in [0.25, 0.3) is 0 Å². The molecule has 0 heterocycles. The molecule has 0 aromatic carbocycles. The van der Waals surface area contributed by atoms with Crippen LogP contribution in [0.4, 0.5) is 0 Å². The molecule has 0 fully saturated rings. The molecule has 2 heteroatoms. The molecule has 0 aliphatic carbocycles. The normalized spacial score (nSPS) is 15.1. The van der Waals surface area contributed by atoms with E-state index in [-0.39, 0.29) is 0 Å². The molecule has 0 bridgehead atoms. The van der Waals surface area contributed by atoms with Crippen molar-refractivity contribution in [3.05, 3.63) is 0 Å². The van der Waals surface area contributed by atoms with Gasteiger partial charge in [0.15, 0.2) is 0 Å². The van der Waals surface area contributed by atoms with Crippen LogP contribution in [0.5, 0.6) is 0 Å². The summed E-state index contributed by atoms with van der Waals surface area (Å²) >= 11 is 1.71. The number of nitrogens with zero attached hydrogens (tertiary/aromatic N) is 1. The SMILES string of the molecule is [3H]CSCC(C)N(CC)CCC. The lowest BCUT2D eigenvalue weighted by Crippen LogP contribution is -2.35. The molecule has 0 radical (unpaired) electrons. The smallest absolute Gasteiger partial charge is 0.0344 e. The zero-order valence-corrected chi connectivity index (χ0v) is 8.78. The van der Waals surface area contributed by atoms with Crippen molar-refractivity contribution in [1.29, 1.82) is 0 Å². The molecular weight excluding hydrogens is 154 g/mol. The predicted octanol–water partition coefficient (Wildman–Crippen LogP) is 2.47. The number of hydrogen-bond acceptors (Lipinski definition) is 2. The molecule has 1 nitrogen and oxygen atoms in total. The highest BCUT2D eigenvalue weighted by molar-refractivity contribution is 7.98. The molecule has 0 rings (SSSR count). The van der Waals surface area contributed by atoms with E-state index in [0.29, 0.717) is 12.3 Å². The summed E-state index contributed by atoms with van der Waals surface area (Å²) < 4.78 is 7.04. The zero-order valence-electron chi connectivity index (χ0n) is 8.97. The molecule has 1 atom stereocenters. The zero-order chi connectivity index (χ0) is 9.40. The Morgan fingerprint density at radius 2 is 2.27 bits per heavy atom.